The van der Waals surface area contributed by atoms with Gasteiger partial charge in [-0.1, -0.05) is 6.92 Å². The summed E-state index contributed by atoms with van der Waals surface area (Å²) in [5.41, 5.74) is 0.131. The number of hydrogen-bond donors (Lipinski definition) is 1. The van der Waals surface area contributed by atoms with Crippen molar-refractivity contribution in [1.29, 1.82) is 0 Å². The molecular weight excluding hydrogens is 200 g/mol. The van der Waals surface area contributed by atoms with Crippen LogP contribution < -0.4 is 0 Å². The van der Waals surface area contributed by atoms with Crippen LogP contribution in [-0.4, -0.2) is 14.9 Å². The van der Waals surface area contributed by atoms with Gasteiger partial charge in [-0.3, -0.25) is 4.68 Å². The highest BCUT2D eigenvalue weighted by atomic mass is 16.3. The second kappa shape index (κ2) is 4.21. The van der Waals surface area contributed by atoms with Crippen LogP contribution in [0.25, 0.3) is 0 Å². The molecule has 1 heterocycles. The summed E-state index contributed by atoms with van der Waals surface area (Å²) in [6.45, 7) is 5.93. The summed E-state index contributed by atoms with van der Waals surface area (Å²) in [5, 5.41) is 14.3. The molecule has 3 nitrogen and oxygen atoms in total. The second-order valence-corrected chi connectivity index (χ2v) is 5.68. The zero-order valence-electron chi connectivity index (χ0n) is 10.5. The summed E-state index contributed by atoms with van der Waals surface area (Å²) in [5.74, 6) is 0.862. The lowest BCUT2D eigenvalue weighted by atomic mass is 9.87. The molecule has 90 valence electrons. The normalized spacial score (nSPS) is 27.0. The molecule has 2 rings (SSSR count). The first-order valence-corrected chi connectivity index (χ1v) is 6.24. The number of aromatic nitrogens is 2. The predicted molar refractivity (Wildman–Crippen MR) is 64.1 cm³/mol. The highest BCUT2D eigenvalue weighted by molar-refractivity contribution is 5.12. The molecule has 0 atom stereocenters. The first kappa shape index (κ1) is 11.6. The maximum atomic E-state index is 9.89. The number of rotatable bonds is 2. The van der Waals surface area contributed by atoms with Gasteiger partial charge in [0.2, 0.25) is 0 Å². The minimum Gasteiger partial charge on any atom is -0.386 e. The van der Waals surface area contributed by atoms with Gasteiger partial charge in [0.25, 0.3) is 0 Å². The van der Waals surface area contributed by atoms with E-state index >= 15 is 0 Å². The summed E-state index contributed by atoms with van der Waals surface area (Å²) < 4.78 is 2.04. The van der Waals surface area contributed by atoms with Gasteiger partial charge in [-0.25, -0.2) is 0 Å². The molecule has 0 radical (unpaired) electrons. The average molecular weight is 222 g/mol. The van der Waals surface area contributed by atoms with Gasteiger partial charge in [0.1, 0.15) is 0 Å². The van der Waals surface area contributed by atoms with Crippen molar-refractivity contribution in [2.45, 2.75) is 58.1 Å². The molecule has 0 aliphatic heterocycles. The summed E-state index contributed by atoms with van der Waals surface area (Å²) in [7, 11) is 0. The highest BCUT2D eigenvalue weighted by Gasteiger charge is 2.23. The van der Waals surface area contributed by atoms with Crippen LogP contribution in [0.4, 0.5) is 0 Å². The van der Waals surface area contributed by atoms with E-state index in [0.29, 0.717) is 6.04 Å². The predicted octanol–water partition coefficient (Wildman–Crippen LogP) is 2.86. The van der Waals surface area contributed by atoms with Crippen LogP contribution in [0.15, 0.2) is 12.4 Å². The topological polar surface area (TPSA) is 38.0 Å². The summed E-state index contributed by atoms with van der Waals surface area (Å²) in [6.07, 6.45) is 8.81. The van der Waals surface area contributed by atoms with Gasteiger partial charge in [-0.2, -0.15) is 5.10 Å². The van der Waals surface area contributed by atoms with Gasteiger partial charge < -0.3 is 5.11 Å². The van der Waals surface area contributed by atoms with Crippen LogP contribution in [0, 0.1) is 5.92 Å². The molecule has 1 saturated carbocycles. The van der Waals surface area contributed by atoms with E-state index in [9.17, 15) is 5.11 Å². The molecule has 0 aromatic carbocycles. The molecule has 1 aliphatic rings. The molecule has 1 aromatic rings. The van der Waals surface area contributed by atoms with E-state index in [-0.39, 0.29) is 0 Å². The Morgan fingerprint density at radius 1 is 1.31 bits per heavy atom. The molecule has 0 spiro atoms. The van der Waals surface area contributed by atoms with E-state index in [4.69, 9.17) is 0 Å². The lowest BCUT2D eigenvalue weighted by Crippen LogP contribution is -2.18. The Bertz CT molecular complexity index is 343. The van der Waals surface area contributed by atoms with Crippen molar-refractivity contribution in [2.75, 3.05) is 0 Å². The van der Waals surface area contributed by atoms with Crippen molar-refractivity contribution >= 4 is 0 Å². The Morgan fingerprint density at radius 3 is 2.44 bits per heavy atom. The molecule has 1 aliphatic carbocycles. The van der Waals surface area contributed by atoms with E-state index in [1.54, 1.807) is 20.0 Å². The maximum absolute atomic E-state index is 9.89. The van der Waals surface area contributed by atoms with Crippen LogP contribution >= 0.6 is 0 Å². The zero-order chi connectivity index (χ0) is 11.8. The van der Waals surface area contributed by atoms with E-state index in [2.05, 4.69) is 12.0 Å². The van der Waals surface area contributed by atoms with Gasteiger partial charge in [0.15, 0.2) is 0 Å². The van der Waals surface area contributed by atoms with E-state index in [1.807, 2.05) is 10.9 Å². The molecule has 0 amide bonds. The minimum absolute atomic E-state index is 0.535. The van der Waals surface area contributed by atoms with E-state index < -0.39 is 5.60 Å². The van der Waals surface area contributed by atoms with Crippen molar-refractivity contribution in [3.63, 3.8) is 0 Å². The quantitative estimate of drug-likeness (QED) is 0.835. The van der Waals surface area contributed by atoms with Gasteiger partial charge in [-0.05, 0) is 45.4 Å². The third-order valence-corrected chi connectivity index (χ3v) is 3.67. The van der Waals surface area contributed by atoms with Crippen LogP contribution in [-0.2, 0) is 5.60 Å². The van der Waals surface area contributed by atoms with Crippen LogP contribution in [0.2, 0.25) is 0 Å². The van der Waals surface area contributed by atoms with E-state index in [0.717, 1.165) is 11.5 Å². The highest BCUT2D eigenvalue weighted by Crippen LogP contribution is 2.32. The molecule has 0 unspecified atom stereocenters. The maximum Gasteiger partial charge on any atom is 0.0870 e. The summed E-state index contributed by atoms with van der Waals surface area (Å²) >= 11 is 0. The number of aliphatic hydroxyl groups is 1. The molecule has 0 bridgehead atoms. The molecular formula is C13H22N2O. The van der Waals surface area contributed by atoms with E-state index in [1.165, 1.54) is 25.7 Å². The SMILES string of the molecule is CC1CCC(n2cc(C(C)(C)O)cn2)CC1. The van der Waals surface area contributed by atoms with Crippen LogP contribution in [0.5, 0.6) is 0 Å². The third-order valence-electron chi connectivity index (χ3n) is 3.67. The Labute approximate surface area is 97.5 Å². The molecule has 1 N–H and O–H groups in total. The Morgan fingerprint density at radius 2 is 1.94 bits per heavy atom. The third kappa shape index (κ3) is 2.46. The largest absolute Gasteiger partial charge is 0.386 e. The monoisotopic (exact) mass is 222 g/mol. The van der Waals surface area contributed by atoms with Gasteiger partial charge >= 0.3 is 0 Å². The Hall–Kier alpha value is -0.830. The molecule has 3 heteroatoms. The Kier molecular flexibility index (Phi) is 3.06. The fraction of sp³-hybridized carbons (Fsp3) is 0.769. The van der Waals surface area contributed by atoms with Crippen molar-refractivity contribution in [1.82, 2.24) is 9.78 Å². The fourth-order valence-corrected chi connectivity index (χ4v) is 2.36. The average Bonchev–Trinajstić information content (AvgIpc) is 2.67. The minimum atomic E-state index is -0.778. The van der Waals surface area contributed by atoms with Crippen LogP contribution in [0.3, 0.4) is 0 Å². The van der Waals surface area contributed by atoms with Gasteiger partial charge in [0.05, 0.1) is 17.8 Å². The lowest BCUT2D eigenvalue weighted by molar-refractivity contribution is 0.0784. The smallest absolute Gasteiger partial charge is 0.0870 e. The second-order valence-electron chi connectivity index (χ2n) is 5.68. The number of nitrogens with zero attached hydrogens (tertiary/aromatic N) is 2. The van der Waals surface area contributed by atoms with Gasteiger partial charge in [0, 0.05) is 11.8 Å². The molecule has 1 fully saturated rings. The van der Waals surface area contributed by atoms with Crippen molar-refractivity contribution in [3.05, 3.63) is 18.0 Å². The molecule has 16 heavy (non-hydrogen) atoms. The van der Waals surface area contributed by atoms with Crippen molar-refractivity contribution < 1.29 is 5.11 Å². The fourth-order valence-electron chi connectivity index (χ4n) is 2.36. The van der Waals surface area contributed by atoms with Crippen LogP contribution in [0.1, 0.15) is 58.1 Å². The first-order chi connectivity index (χ1) is 7.47. The Balaban J connectivity index is 2.08. The first-order valence-electron chi connectivity index (χ1n) is 6.24. The van der Waals surface area contributed by atoms with Gasteiger partial charge in [-0.15, -0.1) is 0 Å². The molecule has 0 saturated heterocycles. The molecule has 1 aromatic heterocycles. The lowest BCUT2D eigenvalue weighted by Gasteiger charge is -2.26. The zero-order valence-corrected chi connectivity index (χ0v) is 10.5. The van der Waals surface area contributed by atoms with Crippen molar-refractivity contribution in [3.8, 4) is 0 Å². The van der Waals surface area contributed by atoms with Crippen molar-refractivity contribution in [2.24, 2.45) is 5.92 Å². The standard InChI is InChI=1S/C13H22N2O/c1-10-4-6-12(7-5-10)15-9-11(8-14-15)13(2,3)16/h8-10,12,16H,4-7H2,1-3H3. The summed E-state index contributed by atoms with van der Waals surface area (Å²) in [4.78, 5) is 0. The number of hydrogen-bond acceptors (Lipinski definition) is 2. The summed E-state index contributed by atoms with van der Waals surface area (Å²) in [6, 6.07) is 0.535.